The van der Waals surface area contributed by atoms with Crippen molar-refractivity contribution in [2.45, 2.75) is 56.7 Å². The molecular weight excluding hydrogens is 242 g/mol. The molecule has 0 amide bonds. The fraction of sp³-hybridized carbons (Fsp3) is 0.933. The Bertz CT molecular complexity index is 338. The fourth-order valence-corrected chi connectivity index (χ4v) is 4.06. The molecule has 2 heterocycles. The van der Waals surface area contributed by atoms with Crippen molar-refractivity contribution in [2.24, 2.45) is 5.92 Å². The van der Waals surface area contributed by atoms with Crippen LogP contribution in [-0.2, 0) is 14.3 Å². The summed E-state index contributed by atoms with van der Waals surface area (Å²) in [5, 5.41) is 0. The van der Waals surface area contributed by atoms with Crippen LogP contribution in [0.5, 0.6) is 0 Å². The molecule has 19 heavy (non-hydrogen) atoms. The van der Waals surface area contributed by atoms with Crippen LogP contribution in [0, 0.1) is 5.92 Å². The molecule has 0 aromatic heterocycles. The van der Waals surface area contributed by atoms with Crippen molar-refractivity contribution in [1.82, 2.24) is 4.90 Å². The second-order valence-corrected chi connectivity index (χ2v) is 6.44. The third-order valence-electron chi connectivity index (χ3n) is 5.12. The molecule has 0 radical (unpaired) electrons. The molecule has 4 heteroatoms. The molecule has 2 saturated heterocycles. The number of hydrogen-bond donors (Lipinski definition) is 0. The lowest BCUT2D eigenvalue weighted by molar-refractivity contribution is -0.145. The van der Waals surface area contributed by atoms with Gasteiger partial charge in [0.2, 0.25) is 0 Å². The van der Waals surface area contributed by atoms with Crippen LogP contribution in [0.15, 0.2) is 0 Å². The van der Waals surface area contributed by atoms with Gasteiger partial charge in [-0.1, -0.05) is 12.8 Å². The van der Waals surface area contributed by atoms with Gasteiger partial charge in [-0.15, -0.1) is 0 Å². The van der Waals surface area contributed by atoms with Gasteiger partial charge in [-0.05, 0) is 38.6 Å². The van der Waals surface area contributed by atoms with Crippen LogP contribution < -0.4 is 0 Å². The second-order valence-electron chi connectivity index (χ2n) is 6.44. The Hall–Kier alpha value is -0.610. The van der Waals surface area contributed by atoms with Crippen molar-refractivity contribution in [3.05, 3.63) is 0 Å². The average molecular weight is 267 g/mol. The van der Waals surface area contributed by atoms with E-state index in [1.807, 2.05) is 0 Å². The minimum absolute atomic E-state index is 0.0536. The number of hydrogen-bond acceptors (Lipinski definition) is 4. The molecule has 3 rings (SSSR count). The molecule has 3 aliphatic rings. The molecule has 3 fully saturated rings. The average Bonchev–Trinajstić information content (AvgIpc) is 3.13. The van der Waals surface area contributed by atoms with Gasteiger partial charge in [-0.2, -0.15) is 0 Å². The highest BCUT2D eigenvalue weighted by Gasteiger charge is 2.43. The molecule has 2 aliphatic heterocycles. The maximum Gasteiger partial charge on any atom is 0.310 e. The van der Waals surface area contributed by atoms with Gasteiger partial charge >= 0.3 is 5.97 Å². The van der Waals surface area contributed by atoms with Crippen molar-refractivity contribution in [1.29, 1.82) is 0 Å². The van der Waals surface area contributed by atoms with E-state index in [9.17, 15) is 4.79 Å². The first-order valence-corrected chi connectivity index (χ1v) is 7.69. The van der Waals surface area contributed by atoms with Gasteiger partial charge in [-0.25, -0.2) is 0 Å². The van der Waals surface area contributed by atoms with Gasteiger partial charge in [0.1, 0.15) is 0 Å². The van der Waals surface area contributed by atoms with Crippen LogP contribution in [0.1, 0.15) is 44.9 Å². The van der Waals surface area contributed by atoms with E-state index in [0.717, 1.165) is 26.1 Å². The van der Waals surface area contributed by atoms with Crippen LogP contribution in [0.2, 0.25) is 0 Å². The summed E-state index contributed by atoms with van der Waals surface area (Å²) in [5.74, 6) is 0.0222. The first-order valence-electron chi connectivity index (χ1n) is 7.69. The normalized spacial score (nSPS) is 34.2. The summed E-state index contributed by atoms with van der Waals surface area (Å²) in [6.45, 7) is 2.85. The molecule has 2 atom stereocenters. The zero-order chi connectivity index (χ0) is 13.3. The standard InChI is InChI=1S/C15H25NO3/c1-18-14(17)12-5-9-16(10-12)11-13-4-8-15(19-13)6-2-3-7-15/h12-13H,2-11H2,1H3. The predicted molar refractivity (Wildman–Crippen MR) is 71.9 cm³/mol. The minimum Gasteiger partial charge on any atom is -0.469 e. The Kier molecular flexibility index (Phi) is 3.81. The topological polar surface area (TPSA) is 38.8 Å². The monoisotopic (exact) mass is 267 g/mol. The zero-order valence-corrected chi connectivity index (χ0v) is 11.9. The molecule has 2 unspecified atom stereocenters. The van der Waals surface area contributed by atoms with Crippen LogP contribution in [0.3, 0.4) is 0 Å². The molecule has 108 valence electrons. The minimum atomic E-state index is -0.0536. The van der Waals surface area contributed by atoms with Gasteiger partial charge < -0.3 is 9.47 Å². The van der Waals surface area contributed by atoms with Crippen LogP contribution >= 0.6 is 0 Å². The predicted octanol–water partition coefficient (Wildman–Crippen LogP) is 1.97. The summed E-state index contributed by atoms with van der Waals surface area (Å²) in [4.78, 5) is 13.9. The van der Waals surface area contributed by atoms with Crippen LogP contribution in [0.4, 0.5) is 0 Å². The van der Waals surface area contributed by atoms with Crippen molar-refractivity contribution < 1.29 is 14.3 Å². The molecule has 1 saturated carbocycles. The van der Waals surface area contributed by atoms with Crippen LogP contribution in [0.25, 0.3) is 0 Å². The van der Waals surface area contributed by atoms with Crippen molar-refractivity contribution >= 4 is 5.97 Å². The number of rotatable bonds is 3. The lowest BCUT2D eigenvalue weighted by Gasteiger charge is -2.26. The van der Waals surface area contributed by atoms with Gasteiger partial charge in [0.05, 0.1) is 24.7 Å². The van der Waals surface area contributed by atoms with E-state index in [1.165, 1.54) is 45.6 Å². The molecule has 0 N–H and O–H groups in total. The molecular formula is C15H25NO3. The summed E-state index contributed by atoms with van der Waals surface area (Å²) < 4.78 is 11.2. The van der Waals surface area contributed by atoms with Crippen molar-refractivity contribution in [3.8, 4) is 0 Å². The van der Waals surface area contributed by atoms with Gasteiger partial charge in [0.25, 0.3) is 0 Å². The Morgan fingerprint density at radius 3 is 2.84 bits per heavy atom. The number of nitrogens with zero attached hydrogens (tertiary/aromatic N) is 1. The maximum atomic E-state index is 11.5. The van der Waals surface area contributed by atoms with E-state index in [-0.39, 0.29) is 17.5 Å². The summed E-state index contributed by atoms with van der Waals surface area (Å²) in [6, 6.07) is 0. The number of carbonyl (C=O) groups excluding carboxylic acids is 1. The molecule has 0 aromatic carbocycles. The third kappa shape index (κ3) is 2.79. The number of likely N-dealkylation sites (tertiary alicyclic amines) is 1. The van der Waals surface area contributed by atoms with Gasteiger partial charge in [-0.3, -0.25) is 9.69 Å². The highest BCUT2D eigenvalue weighted by Crippen LogP contribution is 2.43. The summed E-state index contributed by atoms with van der Waals surface area (Å²) in [5.41, 5.74) is 0.228. The smallest absolute Gasteiger partial charge is 0.310 e. The van der Waals surface area contributed by atoms with Crippen molar-refractivity contribution in [2.75, 3.05) is 26.7 Å². The lowest BCUT2D eigenvalue weighted by Crippen LogP contribution is -2.34. The lowest BCUT2D eigenvalue weighted by atomic mass is 9.98. The largest absolute Gasteiger partial charge is 0.469 e. The molecule has 4 nitrogen and oxygen atoms in total. The number of carbonyl (C=O) groups is 1. The first kappa shape index (κ1) is 13.4. The Morgan fingerprint density at radius 2 is 2.11 bits per heavy atom. The molecule has 1 spiro atoms. The SMILES string of the molecule is COC(=O)C1CCN(CC2CCC3(CCCC3)O2)C1. The number of ether oxygens (including phenoxy) is 2. The second kappa shape index (κ2) is 5.41. The Balaban J connectivity index is 1.47. The zero-order valence-electron chi connectivity index (χ0n) is 11.9. The van der Waals surface area contributed by atoms with E-state index in [0.29, 0.717) is 6.10 Å². The summed E-state index contributed by atoms with van der Waals surface area (Å²) in [6.07, 6.45) is 8.94. The van der Waals surface area contributed by atoms with Crippen LogP contribution in [-0.4, -0.2) is 49.3 Å². The highest BCUT2D eigenvalue weighted by molar-refractivity contribution is 5.72. The van der Waals surface area contributed by atoms with E-state index >= 15 is 0 Å². The summed E-state index contributed by atoms with van der Waals surface area (Å²) in [7, 11) is 1.48. The van der Waals surface area contributed by atoms with E-state index < -0.39 is 0 Å². The molecule has 0 aromatic rings. The summed E-state index contributed by atoms with van der Waals surface area (Å²) >= 11 is 0. The third-order valence-corrected chi connectivity index (χ3v) is 5.12. The number of methoxy groups -OCH3 is 1. The number of esters is 1. The molecule has 1 aliphatic carbocycles. The maximum absolute atomic E-state index is 11.5. The Morgan fingerprint density at radius 1 is 1.32 bits per heavy atom. The highest BCUT2D eigenvalue weighted by atomic mass is 16.5. The van der Waals surface area contributed by atoms with Crippen molar-refractivity contribution in [3.63, 3.8) is 0 Å². The molecule has 0 bridgehead atoms. The fourth-order valence-electron chi connectivity index (χ4n) is 4.06. The van der Waals surface area contributed by atoms with Gasteiger partial charge in [0.15, 0.2) is 0 Å². The van der Waals surface area contributed by atoms with Gasteiger partial charge in [0, 0.05) is 13.1 Å². The first-order chi connectivity index (χ1) is 9.21. The van der Waals surface area contributed by atoms with E-state index in [1.54, 1.807) is 0 Å². The van der Waals surface area contributed by atoms with E-state index in [4.69, 9.17) is 9.47 Å². The van der Waals surface area contributed by atoms with E-state index in [2.05, 4.69) is 4.90 Å². The quantitative estimate of drug-likeness (QED) is 0.733. The Labute approximate surface area is 115 Å².